The predicted octanol–water partition coefficient (Wildman–Crippen LogP) is 13.7. The Morgan fingerprint density at radius 1 is 0.382 bits per heavy atom. The van der Waals surface area contributed by atoms with E-state index in [9.17, 15) is 0 Å². The summed E-state index contributed by atoms with van der Waals surface area (Å²) in [5.74, 6) is 3.34. The maximum Gasteiger partial charge on any atom is 0.156 e. The number of nitrogens with zero attached hydrogens (tertiary/aromatic N) is 1. The van der Waals surface area contributed by atoms with Gasteiger partial charge in [0.2, 0.25) is 0 Å². The van der Waals surface area contributed by atoms with Gasteiger partial charge in [0.1, 0.15) is 17.2 Å². The SMILES string of the molecule is CC1(C)c2ccccc2-c2ccc(N(c3ccccc3-c3ccccc3)c3cccc4c3Oc3ccccc3C43c4ccccc4Oc4ccccc43)cc21. The highest BCUT2D eigenvalue weighted by molar-refractivity contribution is 5.93. The summed E-state index contributed by atoms with van der Waals surface area (Å²) in [6.07, 6.45) is 0. The van der Waals surface area contributed by atoms with Gasteiger partial charge in [-0.2, -0.15) is 0 Å². The molecular weight excluding hydrogens is 671 g/mol. The predicted molar refractivity (Wildman–Crippen MR) is 223 cm³/mol. The van der Waals surface area contributed by atoms with Crippen LogP contribution in [0.15, 0.2) is 188 Å². The lowest BCUT2D eigenvalue weighted by atomic mass is 9.62. The molecule has 0 radical (unpaired) electrons. The molecule has 11 rings (SSSR count). The maximum atomic E-state index is 7.24. The molecule has 0 aromatic heterocycles. The van der Waals surface area contributed by atoms with Gasteiger partial charge in [0.25, 0.3) is 0 Å². The van der Waals surface area contributed by atoms with Crippen molar-refractivity contribution in [3.8, 4) is 45.3 Å². The highest BCUT2D eigenvalue weighted by Crippen LogP contribution is 2.63. The molecule has 8 aromatic rings. The van der Waals surface area contributed by atoms with Crippen molar-refractivity contribution >= 4 is 17.1 Å². The molecule has 8 aromatic carbocycles. The Morgan fingerprint density at radius 2 is 0.891 bits per heavy atom. The van der Waals surface area contributed by atoms with E-state index >= 15 is 0 Å². The summed E-state index contributed by atoms with van der Waals surface area (Å²) in [4.78, 5) is 2.42. The number of hydrogen-bond acceptors (Lipinski definition) is 3. The van der Waals surface area contributed by atoms with Crippen LogP contribution in [0.2, 0.25) is 0 Å². The van der Waals surface area contributed by atoms with Gasteiger partial charge in [-0.3, -0.25) is 0 Å². The normalized spacial score (nSPS) is 14.6. The zero-order valence-corrected chi connectivity index (χ0v) is 30.7. The van der Waals surface area contributed by atoms with E-state index in [0.717, 1.165) is 73.4 Å². The lowest BCUT2D eigenvalue weighted by molar-refractivity contribution is 0.400. The molecule has 0 saturated heterocycles. The number of para-hydroxylation sites is 5. The van der Waals surface area contributed by atoms with Gasteiger partial charge in [0.15, 0.2) is 5.75 Å². The lowest BCUT2D eigenvalue weighted by Crippen LogP contribution is -2.37. The van der Waals surface area contributed by atoms with Crippen molar-refractivity contribution in [1.82, 2.24) is 0 Å². The van der Waals surface area contributed by atoms with Gasteiger partial charge in [-0.1, -0.05) is 159 Å². The molecule has 55 heavy (non-hydrogen) atoms. The second kappa shape index (κ2) is 11.8. The first-order valence-corrected chi connectivity index (χ1v) is 19.0. The number of ether oxygens (including phenoxy) is 2. The van der Waals surface area contributed by atoms with Crippen LogP contribution in [0.1, 0.15) is 47.2 Å². The molecule has 0 amide bonds. The van der Waals surface area contributed by atoms with Crippen LogP contribution in [0, 0.1) is 0 Å². The van der Waals surface area contributed by atoms with Crippen LogP contribution in [0.4, 0.5) is 17.1 Å². The van der Waals surface area contributed by atoms with Crippen molar-refractivity contribution < 1.29 is 9.47 Å². The molecule has 0 N–H and O–H groups in total. The fourth-order valence-corrected chi connectivity index (χ4v) is 9.57. The van der Waals surface area contributed by atoms with Crippen LogP contribution in [0.5, 0.6) is 23.0 Å². The molecule has 2 aliphatic heterocycles. The Bertz CT molecular complexity index is 2750. The smallest absolute Gasteiger partial charge is 0.156 e. The summed E-state index contributed by atoms with van der Waals surface area (Å²) in [6, 6.07) is 67.4. The molecule has 0 bridgehead atoms. The summed E-state index contributed by atoms with van der Waals surface area (Å²) >= 11 is 0. The van der Waals surface area contributed by atoms with E-state index < -0.39 is 5.41 Å². The van der Waals surface area contributed by atoms with E-state index in [1.807, 2.05) is 0 Å². The molecule has 3 aliphatic rings. The minimum absolute atomic E-state index is 0.169. The summed E-state index contributed by atoms with van der Waals surface area (Å²) in [5, 5.41) is 0. The average molecular weight is 708 g/mol. The molecule has 0 unspecified atom stereocenters. The molecule has 262 valence electrons. The van der Waals surface area contributed by atoms with Crippen molar-refractivity contribution in [3.63, 3.8) is 0 Å². The molecule has 0 atom stereocenters. The Kier molecular flexibility index (Phi) is 6.81. The van der Waals surface area contributed by atoms with Crippen molar-refractivity contribution in [1.29, 1.82) is 0 Å². The second-order valence-corrected chi connectivity index (χ2v) is 15.2. The highest BCUT2D eigenvalue weighted by atomic mass is 16.5. The molecule has 3 heteroatoms. The fourth-order valence-electron chi connectivity index (χ4n) is 9.57. The molecule has 0 fully saturated rings. The first-order chi connectivity index (χ1) is 27.0. The highest BCUT2D eigenvalue weighted by Gasteiger charge is 2.51. The molecule has 2 heterocycles. The van der Waals surface area contributed by atoms with Gasteiger partial charge < -0.3 is 14.4 Å². The minimum Gasteiger partial charge on any atom is -0.457 e. The summed E-state index contributed by atoms with van der Waals surface area (Å²) < 4.78 is 13.9. The van der Waals surface area contributed by atoms with Crippen LogP contribution >= 0.6 is 0 Å². The van der Waals surface area contributed by atoms with Gasteiger partial charge in [0, 0.05) is 38.9 Å². The van der Waals surface area contributed by atoms with Crippen LogP contribution in [0.3, 0.4) is 0 Å². The third-order valence-corrected chi connectivity index (χ3v) is 12.0. The summed E-state index contributed by atoms with van der Waals surface area (Å²) in [5.41, 5.74) is 14.1. The maximum absolute atomic E-state index is 7.24. The van der Waals surface area contributed by atoms with Crippen molar-refractivity contribution in [2.75, 3.05) is 4.90 Å². The second-order valence-electron chi connectivity index (χ2n) is 15.2. The van der Waals surface area contributed by atoms with Gasteiger partial charge in [-0.05, 0) is 70.3 Å². The van der Waals surface area contributed by atoms with Gasteiger partial charge in [-0.25, -0.2) is 0 Å². The number of anilines is 3. The van der Waals surface area contributed by atoms with Gasteiger partial charge in [0.05, 0.1) is 16.8 Å². The Hall–Kier alpha value is -6.84. The number of benzene rings is 8. The molecule has 3 nitrogen and oxygen atoms in total. The van der Waals surface area contributed by atoms with E-state index in [0.29, 0.717) is 0 Å². The van der Waals surface area contributed by atoms with E-state index in [-0.39, 0.29) is 5.41 Å². The first kappa shape index (κ1) is 31.7. The Labute approximate surface area is 321 Å². The average Bonchev–Trinajstić information content (AvgIpc) is 3.47. The van der Waals surface area contributed by atoms with Crippen molar-refractivity contribution in [3.05, 3.63) is 221 Å². The van der Waals surface area contributed by atoms with Crippen molar-refractivity contribution in [2.24, 2.45) is 0 Å². The standard InChI is InChI=1S/C52H37NO2/c1-51(2)39-21-8-6-20-37(39)38-32-31-35(33-44(38)51)53(45-26-12-7-19-36(45)34-17-4-3-5-18-34)46-27-16-25-43-50(46)55-49-30-15-11-24-42(49)52(43)40-22-9-13-28-47(40)54-48-29-14-10-23-41(48)52/h3-33H,1-2H3. The summed E-state index contributed by atoms with van der Waals surface area (Å²) in [7, 11) is 0. The van der Waals surface area contributed by atoms with Gasteiger partial charge >= 0.3 is 0 Å². The molecular formula is C52H37NO2. The third-order valence-electron chi connectivity index (χ3n) is 12.0. The third kappa shape index (κ3) is 4.44. The van der Waals surface area contributed by atoms with Crippen LogP contribution in [0.25, 0.3) is 22.3 Å². The fraction of sp³-hybridized carbons (Fsp3) is 0.0769. The minimum atomic E-state index is -0.697. The zero-order valence-electron chi connectivity index (χ0n) is 30.7. The largest absolute Gasteiger partial charge is 0.457 e. The first-order valence-electron chi connectivity index (χ1n) is 19.0. The van der Waals surface area contributed by atoms with E-state index in [4.69, 9.17) is 9.47 Å². The Balaban J connectivity index is 1.23. The van der Waals surface area contributed by atoms with Gasteiger partial charge in [-0.15, -0.1) is 0 Å². The molecule has 1 spiro atoms. The van der Waals surface area contributed by atoms with E-state index in [2.05, 4.69) is 207 Å². The number of fused-ring (bicyclic) bond motifs is 11. The van der Waals surface area contributed by atoms with Crippen LogP contribution < -0.4 is 14.4 Å². The number of hydrogen-bond donors (Lipinski definition) is 0. The van der Waals surface area contributed by atoms with E-state index in [1.54, 1.807) is 0 Å². The molecule has 1 aliphatic carbocycles. The van der Waals surface area contributed by atoms with Crippen molar-refractivity contribution in [2.45, 2.75) is 24.7 Å². The Morgan fingerprint density at radius 3 is 1.58 bits per heavy atom. The van der Waals surface area contributed by atoms with Crippen LogP contribution in [-0.4, -0.2) is 0 Å². The zero-order chi connectivity index (χ0) is 36.7. The molecule has 0 saturated carbocycles. The summed E-state index contributed by atoms with van der Waals surface area (Å²) in [6.45, 7) is 4.69. The lowest BCUT2D eigenvalue weighted by Gasteiger charge is -2.45. The topological polar surface area (TPSA) is 21.7 Å². The van der Waals surface area contributed by atoms with E-state index in [1.165, 1.54) is 22.3 Å². The monoisotopic (exact) mass is 707 g/mol. The quantitative estimate of drug-likeness (QED) is 0.182. The van der Waals surface area contributed by atoms with Crippen LogP contribution in [-0.2, 0) is 10.8 Å². The number of rotatable bonds is 4.